The van der Waals surface area contributed by atoms with Gasteiger partial charge in [-0.05, 0) is 42.0 Å². The standard InChI is InChI=1S/C28H22N6O/c1-19(35)31-23-9-5-8-21(14-23)10-11-22-17-29-18-30-28(22)32-24-12-13-25-26(16-24)34-27(33-25)15-20-6-3-2-4-7-20/h2-9,12-14,16-18H,15H2,1H3,(H,31,35)(H,33,34)(H,29,30,32). The van der Waals surface area contributed by atoms with Crippen molar-refractivity contribution in [2.24, 2.45) is 0 Å². The number of carbonyl (C=O) groups excluding carboxylic acids is 1. The summed E-state index contributed by atoms with van der Waals surface area (Å²) in [5, 5.41) is 6.10. The van der Waals surface area contributed by atoms with Gasteiger partial charge in [-0.25, -0.2) is 15.0 Å². The Kier molecular flexibility index (Phi) is 6.18. The molecule has 0 aliphatic carbocycles. The Bertz CT molecular complexity index is 1560. The van der Waals surface area contributed by atoms with E-state index in [0.717, 1.165) is 34.5 Å². The van der Waals surface area contributed by atoms with E-state index in [1.165, 1.54) is 18.8 Å². The SMILES string of the molecule is CC(=O)Nc1cccc(C#Cc2cncnc2Nc2ccc3[nH]c(Cc4ccccc4)nc3c2)c1. The first-order chi connectivity index (χ1) is 17.1. The summed E-state index contributed by atoms with van der Waals surface area (Å²) in [5.41, 5.74) is 6.03. The van der Waals surface area contributed by atoms with Gasteiger partial charge in [0.15, 0.2) is 0 Å². The van der Waals surface area contributed by atoms with Crippen molar-refractivity contribution >= 4 is 34.1 Å². The molecule has 35 heavy (non-hydrogen) atoms. The normalized spacial score (nSPS) is 10.4. The summed E-state index contributed by atoms with van der Waals surface area (Å²) in [7, 11) is 0. The lowest BCUT2D eigenvalue weighted by Crippen LogP contribution is -2.05. The average Bonchev–Trinajstić information content (AvgIpc) is 3.25. The molecular weight excluding hydrogens is 436 g/mol. The van der Waals surface area contributed by atoms with Crippen molar-refractivity contribution in [3.63, 3.8) is 0 Å². The van der Waals surface area contributed by atoms with Crippen molar-refractivity contribution in [1.82, 2.24) is 19.9 Å². The van der Waals surface area contributed by atoms with E-state index in [1.54, 1.807) is 6.20 Å². The van der Waals surface area contributed by atoms with Crippen LogP contribution in [0.2, 0.25) is 0 Å². The van der Waals surface area contributed by atoms with Gasteiger partial charge in [-0.2, -0.15) is 0 Å². The number of aromatic nitrogens is 4. The van der Waals surface area contributed by atoms with E-state index in [4.69, 9.17) is 4.98 Å². The van der Waals surface area contributed by atoms with Crippen LogP contribution >= 0.6 is 0 Å². The van der Waals surface area contributed by atoms with Gasteiger partial charge in [0, 0.05) is 36.5 Å². The number of imidazole rings is 1. The number of nitrogens with zero attached hydrogens (tertiary/aromatic N) is 3. The van der Waals surface area contributed by atoms with E-state index in [0.29, 0.717) is 17.1 Å². The van der Waals surface area contributed by atoms with Crippen molar-refractivity contribution < 1.29 is 4.79 Å². The maximum absolute atomic E-state index is 11.3. The number of H-pyrrole nitrogens is 1. The second-order valence-electron chi connectivity index (χ2n) is 8.00. The lowest BCUT2D eigenvalue weighted by molar-refractivity contribution is -0.114. The molecule has 0 saturated heterocycles. The van der Waals surface area contributed by atoms with Crippen molar-refractivity contribution in [3.05, 3.63) is 108 Å². The zero-order valence-electron chi connectivity index (χ0n) is 19.0. The Balaban J connectivity index is 1.36. The molecule has 1 amide bonds. The van der Waals surface area contributed by atoms with Gasteiger partial charge in [0.2, 0.25) is 5.91 Å². The molecule has 2 aromatic heterocycles. The molecule has 0 unspecified atom stereocenters. The highest BCUT2D eigenvalue weighted by atomic mass is 16.1. The quantitative estimate of drug-likeness (QED) is 0.321. The molecule has 7 heteroatoms. The smallest absolute Gasteiger partial charge is 0.221 e. The Morgan fingerprint density at radius 1 is 0.971 bits per heavy atom. The predicted molar refractivity (Wildman–Crippen MR) is 137 cm³/mol. The van der Waals surface area contributed by atoms with Crippen LogP contribution in [0.5, 0.6) is 0 Å². The summed E-state index contributed by atoms with van der Waals surface area (Å²) in [6.07, 6.45) is 3.90. The van der Waals surface area contributed by atoms with Gasteiger partial charge in [0.05, 0.1) is 16.6 Å². The number of aromatic amines is 1. The third-order valence-electron chi connectivity index (χ3n) is 5.25. The van der Waals surface area contributed by atoms with Gasteiger partial charge in [-0.15, -0.1) is 0 Å². The van der Waals surface area contributed by atoms with Gasteiger partial charge in [0.1, 0.15) is 18.0 Å². The van der Waals surface area contributed by atoms with Crippen LogP contribution in [-0.2, 0) is 11.2 Å². The fraction of sp³-hybridized carbons (Fsp3) is 0.0714. The van der Waals surface area contributed by atoms with E-state index in [-0.39, 0.29) is 5.91 Å². The van der Waals surface area contributed by atoms with Gasteiger partial charge in [-0.1, -0.05) is 48.2 Å². The largest absolute Gasteiger partial charge is 0.342 e. The number of rotatable bonds is 5. The van der Waals surface area contributed by atoms with Crippen LogP contribution in [0.25, 0.3) is 11.0 Å². The van der Waals surface area contributed by atoms with Crippen molar-refractivity contribution in [3.8, 4) is 11.8 Å². The zero-order chi connectivity index (χ0) is 24.0. The molecule has 0 fully saturated rings. The Morgan fingerprint density at radius 3 is 2.71 bits per heavy atom. The summed E-state index contributed by atoms with van der Waals surface area (Å²) < 4.78 is 0. The first kappa shape index (κ1) is 21.9. The highest BCUT2D eigenvalue weighted by molar-refractivity contribution is 5.88. The number of hydrogen-bond acceptors (Lipinski definition) is 5. The molecule has 0 radical (unpaired) electrons. The maximum Gasteiger partial charge on any atom is 0.221 e. The van der Waals surface area contributed by atoms with Crippen LogP contribution in [0.4, 0.5) is 17.2 Å². The molecule has 0 atom stereocenters. The van der Waals surface area contributed by atoms with Gasteiger partial charge < -0.3 is 15.6 Å². The van der Waals surface area contributed by atoms with E-state index in [2.05, 4.69) is 49.6 Å². The molecule has 0 aliphatic heterocycles. The Morgan fingerprint density at radius 2 is 1.86 bits per heavy atom. The minimum absolute atomic E-state index is 0.126. The van der Waals surface area contributed by atoms with E-state index >= 15 is 0 Å². The molecule has 170 valence electrons. The van der Waals surface area contributed by atoms with E-state index in [1.807, 2.05) is 60.7 Å². The van der Waals surface area contributed by atoms with Gasteiger partial charge >= 0.3 is 0 Å². The highest BCUT2D eigenvalue weighted by Gasteiger charge is 2.07. The maximum atomic E-state index is 11.3. The summed E-state index contributed by atoms with van der Waals surface area (Å²) in [6, 6.07) is 23.6. The average molecular weight is 459 g/mol. The molecule has 0 aliphatic rings. The first-order valence-electron chi connectivity index (χ1n) is 11.1. The molecular formula is C28H22N6O. The second kappa shape index (κ2) is 9.89. The molecule has 3 aromatic carbocycles. The number of anilines is 3. The molecule has 0 spiro atoms. The number of nitrogens with one attached hydrogen (secondary N) is 3. The predicted octanol–water partition coefficient (Wildman–Crippen LogP) is 5.05. The van der Waals surface area contributed by atoms with E-state index < -0.39 is 0 Å². The first-order valence-corrected chi connectivity index (χ1v) is 11.1. The fourth-order valence-electron chi connectivity index (χ4n) is 3.68. The third-order valence-corrected chi connectivity index (χ3v) is 5.25. The minimum atomic E-state index is -0.126. The summed E-state index contributed by atoms with van der Waals surface area (Å²) in [4.78, 5) is 27.9. The van der Waals surface area contributed by atoms with Crippen LogP contribution in [0.15, 0.2) is 85.3 Å². The molecule has 5 aromatic rings. The second-order valence-corrected chi connectivity index (χ2v) is 8.00. The Hall–Kier alpha value is -4.96. The summed E-state index contributed by atoms with van der Waals surface area (Å²) in [6.45, 7) is 1.47. The van der Waals surface area contributed by atoms with Gasteiger partial charge in [0.25, 0.3) is 0 Å². The topological polar surface area (TPSA) is 95.6 Å². The van der Waals surface area contributed by atoms with Crippen LogP contribution in [-0.4, -0.2) is 25.8 Å². The van der Waals surface area contributed by atoms with Crippen LogP contribution < -0.4 is 10.6 Å². The fourth-order valence-corrected chi connectivity index (χ4v) is 3.68. The van der Waals surface area contributed by atoms with Crippen molar-refractivity contribution in [2.75, 3.05) is 10.6 Å². The van der Waals surface area contributed by atoms with Crippen LogP contribution in [0.3, 0.4) is 0 Å². The number of benzene rings is 3. The molecule has 7 nitrogen and oxygen atoms in total. The lowest BCUT2D eigenvalue weighted by Gasteiger charge is -2.07. The van der Waals surface area contributed by atoms with Crippen LogP contribution in [0, 0.1) is 11.8 Å². The summed E-state index contributed by atoms with van der Waals surface area (Å²) >= 11 is 0. The minimum Gasteiger partial charge on any atom is -0.342 e. The zero-order valence-corrected chi connectivity index (χ0v) is 19.0. The monoisotopic (exact) mass is 458 g/mol. The molecule has 0 saturated carbocycles. The van der Waals surface area contributed by atoms with Crippen molar-refractivity contribution in [1.29, 1.82) is 0 Å². The van der Waals surface area contributed by atoms with E-state index in [9.17, 15) is 4.79 Å². The number of fused-ring (bicyclic) bond motifs is 1. The molecule has 5 rings (SSSR count). The van der Waals surface area contributed by atoms with Crippen molar-refractivity contribution in [2.45, 2.75) is 13.3 Å². The van der Waals surface area contributed by atoms with Gasteiger partial charge in [-0.3, -0.25) is 4.79 Å². The van der Waals surface area contributed by atoms with Crippen LogP contribution in [0.1, 0.15) is 29.4 Å². The molecule has 0 bridgehead atoms. The summed E-state index contributed by atoms with van der Waals surface area (Å²) in [5.74, 6) is 7.64. The Labute approximate surface area is 202 Å². The lowest BCUT2D eigenvalue weighted by atomic mass is 10.1. The number of hydrogen-bond donors (Lipinski definition) is 3. The third kappa shape index (κ3) is 5.52. The number of carbonyl (C=O) groups is 1. The number of amides is 1. The highest BCUT2D eigenvalue weighted by Crippen LogP contribution is 2.22. The molecule has 3 N–H and O–H groups in total. The molecule has 2 heterocycles.